The van der Waals surface area contributed by atoms with Gasteiger partial charge in [0.25, 0.3) is 0 Å². The molecule has 18 heavy (non-hydrogen) atoms. The van der Waals surface area contributed by atoms with Crippen molar-refractivity contribution in [2.24, 2.45) is 0 Å². The highest BCUT2D eigenvalue weighted by Crippen LogP contribution is 2.17. The van der Waals surface area contributed by atoms with E-state index in [0.717, 1.165) is 31.2 Å². The normalized spacial score (nSPS) is 12.1. The van der Waals surface area contributed by atoms with E-state index in [9.17, 15) is 4.39 Å². The lowest BCUT2D eigenvalue weighted by atomic mass is 10.1. The first-order valence-corrected chi connectivity index (χ1v) is 6.42. The number of hydrogen-bond donors (Lipinski definition) is 0. The topological polar surface area (TPSA) is 35.0 Å². The van der Waals surface area contributed by atoms with Gasteiger partial charge in [-0.3, -0.25) is 0 Å². The fraction of sp³-hybridized carbons (Fsp3) is 0.571. The monoisotopic (exact) mass is 252 g/mol. The fourth-order valence-corrected chi connectivity index (χ4v) is 1.71. The summed E-state index contributed by atoms with van der Waals surface area (Å²) in [5.74, 6) is 0.580. The van der Waals surface area contributed by atoms with Crippen LogP contribution in [0, 0.1) is 0 Å². The van der Waals surface area contributed by atoms with Gasteiger partial charge in [-0.1, -0.05) is 25.5 Å². The van der Waals surface area contributed by atoms with Crippen molar-refractivity contribution in [1.29, 1.82) is 0 Å². The molecular formula is C14H21FN2O. The van der Waals surface area contributed by atoms with Crippen LogP contribution < -0.4 is 4.74 Å². The molecule has 0 amide bonds. The summed E-state index contributed by atoms with van der Waals surface area (Å²) in [5, 5.41) is 7.77. The Morgan fingerprint density at radius 3 is 3.00 bits per heavy atom. The van der Waals surface area contributed by atoms with Gasteiger partial charge in [-0.2, -0.15) is 5.10 Å². The van der Waals surface area contributed by atoms with Crippen LogP contribution in [0.1, 0.15) is 38.2 Å². The Morgan fingerprint density at radius 2 is 2.28 bits per heavy atom. The number of alkyl halides is 1. The Kier molecular flexibility index (Phi) is 6.99. The quantitative estimate of drug-likeness (QED) is 0.498. The minimum absolute atomic E-state index is 0.436. The molecule has 1 heterocycles. The van der Waals surface area contributed by atoms with Crippen LogP contribution >= 0.6 is 0 Å². The van der Waals surface area contributed by atoms with Crippen LogP contribution in [0.4, 0.5) is 4.39 Å². The molecule has 1 rings (SSSR count). The predicted molar refractivity (Wildman–Crippen MR) is 70.5 cm³/mol. The molecule has 1 aromatic rings. The first kappa shape index (κ1) is 14.6. The summed E-state index contributed by atoms with van der Waals surface area (Å²) in [5.41, 5.74) is 1.06. The van der Waals surface area contributed by atoms with E-state index in [1.165, 1.54) is 0 Å². The zero-order valence-electron chi connectivity index (χ0n) is 10.9. The van der Waals surface area contributed by atoms with Gasteiger partial charge >= 0.3 is 0 Å². The maximum Gasteiger partial charge on any atom is 0.236 e. The molecule has 0 bridgehead atoms. The number of rotatable bonds is 9. The smallest absolute Gasteiger partial charge is 0.236 e. The van der Waals surface area contributed by atoms with Gasteiger partial charge in [-0.25, -0.2) is 4.39 Å². The highest BCUT2D eigenvalue weighted by atomic mass is 19.1. The minimum atomic E-state index is -0.695. The fourth-order valence-electron chi connectivity index (χ4n) is 1.71. The zero-order valence-corrected chi connectivity index (χ0v) is 10.9. The summed E-state index contributed by atoms with van der Waals surface area (Å²) < 4.78 is 18.0. The molecule has 0 aliphatic heterocycles. The number of nitrogens with zero attached hydrogens (tertiary/aromatic N) is 2. The van der Waals surface area contributed by atoms with E-state index in [0.29, 0.717) is 18.9 Å². The molecule has 0 aromatic carbocycles. The third-order valence-corrected chi connectivity index (χ3v) is 2.65. The van der Waals surface area contributed by atoms with Crippen molar-refractivity contribution in [1.82, 2.24) is 10.2 Å². The van der Waals surface area contributed by atoms with Crippen molar-refractivity contribution in [2.45, 2.75) is 45.2 Å². The number of halogens is 1. The lowest BCUT2D eigenvalue weighted by molar-refractivity contribution is 0.328. The van der Waals surface area contributed by atoms with E-state index < -0.39 is 6.17 Å². The Hall–Kier alpha value is -1.45. The molecule has 1 aromatic heterocycles. The van der Waals surface area contributed by atoms with Crippen LogP contribution in [0.2, 0.25) is 0 Å². The molecule has 100 valence electrons. The second-order valence-electron chi connectivity index (χ2n) is 4.34. The van der Waals surface area contributed by atoms with E-state index in [2.05, 4.69) is 16.8 Å². The highest BCUT2D eigenvalue weighted by molar-refractivity contribution is 5.23. The van der Waals surface area contributed by atoms with Gasteiger partial charge in [-0.15, -0.1) is 5.10 Å². The lowest BCUT2D eigenvalue weighted by Crippen LogP contribution is -2.01. The van der Waals surface area contributed by atoms with Crippen molar-refractivity contribution in [3.8, 4) is 5.88 Å². The van der Waals surface area contributed by atoms with Crippen LogP contribution in [0.25, 0.3) is 0 Å². The maximum absolute atomic E-state index is 12.6. The van der Waals surface area contributed by atoms with Crippen molar-refractivity contribution >= 4 is 0 Å². The zero-order chi connectivity index (χ0) is 13.2. The van der Waals surface area contributed by atoms with E-state index in [1.807, 2.05) is 6.07 Å². The van der Waals surface area contributed by atoms with E-state index in [-0.39, 0.29) is 0 Å². The summed E-state index contributed by atoms with van der Waals surface area (Å²) >= 11 is 0. The van der Waals surface area contributed by atoms with Crippen molar-refractivity contribution in [3.05, 3.63) is 30.5 Å². The maximum atomic E-state index is 12.6. The molecule has 0 saturated carbocycles. The van der Waals surface area contributed by atoms with Gasteiger partial charge < -0.3 is 4.74 Å². The molecular weight excluding hydrogens is 231 g/mol. The second-order valence-corrected chi connectivity index (χ2v) is 4.34. The summed E-state index contributed by atoms with van der Waals surface area (Å²) in [6, 6.07) is 1.92. The Morgan fingerprint density at radius 1 is 1.44 bits per heavy atom. The number of ether oxygens (including phenoxy) is 1. The average molecular weight is 252 g/mol. The molecule has 1 atom stereocenters. The first-order valence-electron chi connectivity index (χ1n) is 6.42. The van der Waals surface area contributed by atoms with Crippen LogP contribution in [-0.2, 0) is 6.42 Å². The van der Waals surface area contributed by atoms with Gasteiger partial charge in [0.15, 0.2) is 0 Å². The number of aryl methyl sites for hydroxylation is 1. The summed E-state index contributed by atoms with van der Waals surface area (Å²) in [7, 11) is 0. The van der Waals surface area contributed by atoms with Crippen LogP contribution in [-0.4, -0.2) is 23.0 Å². The van der Waals surface area contributed by atoms with Gasteiger partial charge in [0.1, 0.15) is 6.61 Å². The lowest BCUT2D eigenvalue weighted by Gasteiger charge is -2.07. The highest BCUT2D eigenvalue weighted by Gasteiger charge is 2.05. The number of hydrogen-bond acceptors (Lipinski definition) is 3. The third-order valence-electron chi connectivity index (χ3n) is 2.65. The SMILES string of the molecule is C=CCOc1nnccc1CCCCCC(C)F. The standard InChI is InChI=1S/C14H21FN2O/c1-3-11-18-14-13(9-10-16-17-14)8-6-4-5-7-12(2)15/h3,9-10,12H,1,4-8,11H2,2H3. The van der Waals surface area contributed by atoms with E-state index in [4.69, 9.17) is 4.74 Å². The molecule has 1 unspecified atom stereocenters. The van der Waals surface area contributed by atoms with Gasteiger partial charge in [0.05, 0.1) is 12.4 Å². The van der Waals surface area contributed by atoms with Crippen LogP contribution in [0.15, 0.2) is 24.9 Å². The third kappa shape index (κ3) is 5.75. The summed E-state index contributed by atoms with van der Waals surface area (Å²) in [4.78, 5) is 0. The van der Waals surface area contributed by atoms with Crippen LogP contribution in [0.3, 0.4) is 0 Å². The first-order chi connectivity index (χ1) is 8.74. The second kappa shape index (κ2) is 8.61. The van der Waals surface area contributed by atoms with Crippen molar-refractivity contribution in [2.75, 3.05) is 6.61 Å². The minimum Gasteiger partial charge on any atom is -0.472 e. The van der Waals surface area contributed by atoms with Gasteiger partial charge in [0, 0.05) is 5.56 Å². The Labute approximate surface area is 108 Å². The molecule has 0 fully saturated rings. The Bertz CT molecular complexity index is 355. The molecule has 0 spiro atoms. The van der Waals surface area contributed by atoms with E-state index >= 15 is 0 Å². The number of aromatic nitrogens is 2. The summed E-state index contributed by atoms with van der Waals surface area (Å²) in [6.07, 6.45) is 7.16. The molecule has 4 heteroatoms. The average Bonchev–Trinajstić information content (AvgIpc) is 2.36. The van der Waals surface area contributed by atoms with E-state index in [1.54, 1.807) is 19.2 Å². The molecule has 0 aliphatic carbocycles. The molecule has 0 radical (unpaired) electrons. The summed E-state index contributed by atoms with van der Waals surface area (Å²) in [6.45, 7) is 5.64. The predicted octanol–water partition coefficient (Wildman–Crippen LogP) is 3.50. The van der Waals surface area contributed by atoms with Gasteiger partial charge in [0.2, 0.25) is 5.88 Å². The molecule has 0 saturated heterocycles. The Balaban J connectivity index is 2.34. The van der Waals surface area contributed by atoms with Gasteiger partial charge in [-0.05, 0) is 32.3 Å². The van der Waals surface area contributed by atoms with Crippen LogP contribution in [0.5, 0.6) is 5.88 Å². The molecule has 3 nitrogen and oxygen atoms in total. The van der Waals surface area contributed by atoms with Crippen molar-refractivity contribution in [3.63, 3.8) is 0 Å². The molecule has 0 N–H and O–H groups in total. The largest absolute Gasteiger partial charge is 0.472 e. The molecule has 0 aliphatic rings. The van der Waals surface area contributed by atoms with Crippen molar-refractivity contribution < 1.29 is 9.13 Å². The number of unbranched alkanes of at least 4 members (excludes halogenated alkanes) is 2.